The van der Waals surface area contributed by atoms with Crippen LogP contribution in [0, 0.1) is 5.92 Å². The topological polar surface area (TPSA) is 99.5 Å². The molecule has 0 saturated heterocycles. The second-order valence-electron chi connectivity index (χ2n) is 5.27. The summed E-state index contributed by atoms with van der Waals surface area (Å²) in [6.07, 6.45) is 5.43. The predicted octanol–water partition coefficient (Wildman–Crippen LogP) is 1.55. The van der Waals surface area contributed by atoms with Gasteiger partial charge in [0.25, 0.3) is 5.91 Å². The minimum Gasteiger partial charge on any atom is -0.505 e. The molecule has 1 amide bonds. The molecule has 20 heavy (non-hydrogen) atoms. The molecule has 0 bridgehead atoms. The Hall–Kier alpha value is -2.11. The van der Waals surface area contributed by atoms with Crippen LogP contribution in [0.25, 0.3) is 0 Å². The number of nitrogens with one attached hydrogen (secondary N) is 1. The number of amides is 1. The maximum atomic E-state index is 12.2. The largest absolute Gasteiger partial charge is 0.505 e. The van der Waals surface area contributed by atoms with Gasteiger partial charge in [0.05, 0.1) is 11.8 Å². The quantitative estimate of drug-likeness (QED) is 0.779. The van der Waals surface area contributed by atoms with E-state index >= 15 is 0 Å². The van der Waals surface area contributed by atoms with Crippen LogP contribution >= 0.6 is 0 Å². The number of aromatic nitrogens is 1. The average Bonchev–Trinajstić information content (AvgIpc) is 2.41. The Morgan fingerprint density at radius 1 is 1.45 bits per heavy atom. The molecule has 0 aromatic carbocycles. The van der Waals surface area contributed by atoms with Crippen molar-refractivity contribution < 1.29 is 19.8 Å². The molecule has 1 aliphatic carbocycles. The van der Waals surface area contributed by atoms with Gasteiger partial charge in [0, 0.05) is 6.20 Å². The van der Waals surface area contributed by atoms with Crippen LogP contribution in [0.3, 0.4) is 0 Å². The zero-order valence-corrected chi connectivity index (χ0v) is 11.3. The SMILES string of the molecule is CC1CCCCC1(NC(=O)c1ccncc1O)C(=O)O. The lowest BCUT2D eigenvalue weighted by molar-refractivity contribution is -0.148. The van der Waals surface area contributed by atoms with Crippen LogP contribution in [0.4, 0.5) is 0 Å². The number of hydrogen-bond donors (Lipinski definition) is 3. The van der Waals surface area contributed by atoms with E-state index in [2.05, 4.69) is 10.3 Å². The van der Waals surface area contributed by atoms with Crippen LogP contribution in [-0.2, 0) is 4.79 Å². The molecule has 0 aliphatic heterocycles. The number of rotatable bonds is 3. The third-order valence-corrected chi connectivity index (χ3v) is 4.06. The fourth-order valence-corrected chi connectivity index (χ4v) is 2.75. The smallest absolute Gasteiger partial charge is 0.329 e. The van der Waals surface area contributed by atoms with E-state index in [0.29, 0.717) is 6.42 Å². The van der Waals surface area contributed by atoms with E-state index < -0.39 is 17.4 Å². The Kier molecular flexibility index (Phi) is 3.92. The van der Waals surface area contributed by atoms with Crippen LogP contribution in [-0.4, -0.2) is 32.6 Å². The van der Waals surface area contributed by atoms with E-state index in [1.54, 1.807) is 0 Å². The molecule has 2 rings (SSSR count). The molecule has 1 saturated carbocycles. The molecule has 3 N–H and O–H groups in total. The molecule has 6 heteroatoms. The standard InChI is InChI=1S/C14H18N2O4/c1-9-4-2-3-6-14(9,13(19)20)16-12(18)10-5-7-15-8-11(10)17/h5,7-9,17H,2-4,6H2,1H3,(H,16,18)(H,19,20). The predicted molar refractivity (Wildman–Crippen MR) is 71.4 cm³/mol. The zero-order chi connectivity index (χ0) is 14.8. The van der Waals surface area contributed by atoms with Gasteiger partial charge >= 0.3 is 5.97 Å². The van der Waals surface area contributed by atoms with Gasteiger partial charge in [-0.3, -0.25) is 9.78 Å². The highest BCUT2D eigenvalue weighted by Crippen LogP contribution is 2.34. The lowest BCUT2D eigenvalue weighted by atomic mass is 9.73. The maximum Gasteiger partial charge on any atom is 0.329 e. The lowest BCUT2D eigenvalue weighted by Crippen LogP contribution is -2.60. The number of pyridine rings is 1. The highest BCUT2D eigenvalue weighted by Gasteiger charge is 2.46. The summed E-state index contributed by atoms with van der Waals surface area (Å²) in [5.41, 5.74) is -1.22. The summed E-state index contributed by atoms with van der Waals surface area (Å²) < 4.78 is 0. The van der Waals surface area contributed by atoms with Crippen LogP contribution in [0.2, 0.25) is 0 Å². The Labute approximate surface area is 116 Å². The van der Waals surface area contributed by atoms with Gasteiger partial charge in [-0.25, -0.2) is 4.79 Å². The molecule has 2 atom stereocenters. The van der Waals surface area contributed by atoms with E-state index in [4.69, 9.17) is 0 Å². The second-order valence-corrected chi connectivity index (χ2v) is 5.27. The summed E-state index contributed by atoms with van der Waals surface area (Å²) in [4.78, 5) is 27.6. The van der Waals surface area contributed by atoms with Crippen molar-refractivity contribution in [2.24, 2.45) is 5.92 Å². The first-order valence-electron chi connectivity index (χ1n) is 6.66. The fourth-order valence-electron chi connectivity index (χ4n) is 2.75. The van der Waals surface area contributed by atoms with E-state index in [1.807, 2.05) is 6.92 Å². The zero-order valence-electron chi connectivity index (χ0n) is 11.3. The minimum atomic E-state index is -1.26. The van der Waals surface area contributed by atoms with Crippen LogP contribution in [0.15, 0.2) is 18.5 Å². The number of carbonyl (C=O) groups excluding carboxylic acids is 1. The van der Waals surface area contributed by atoms with Gasteiger partial charge in [0.2, 0.25) is 0 Å². The number of nitrogens with zero attached hydrogens (tertiary/aromatic N) is 1. The van der Waals surface area contributed by atoms with Gasteiger partial charge in [-0.2, -0.15) is 0 Å². The Balaban J connectivity index is 2.27. The van der Waals surface area contributed by atoms with Gasteiger partial charge in [0.15, 0.2) is 0 Å². The molecule has 1 aromatic rings. The van der Waals surface area contributed by atoms with Gasteiger partial charge in [-0.15, -0.1) is 0 Å². The number of aliphatic carboxylic acids is 1. The molecule has 2 unspecified atom stereocenters. The Morgan fingerprint density at radius 3 is 2.80 bits per heavy atom. The fraction of sp³-hybridized carbons (Fsp3) is 0.500. The molecule has 108 valence electrons. The number of carboxylic acid groups (broad SMARTS) is 1. The van der Waals surface area contributed by atoms with Crippen molar-refractivity contribution in [1.82, 2.24) is 10.3 Å². The first-order chi connectivity index (χ1) is 9.47. The lowest BCUT2D eigenvalue weighted by Gasteiger charge is -2.39. The molecule has 1 aromatic heterocycles. The highest BCUT2D eigenvalue weighted by atomic mass is 16.4. The monoisotopic (exact) mass is 278 g/mol. The van der Waals surface area contributed by atoms with Crippen LogP contribution in [0.5, 0.6) is 5.75 Å². The normalized spacial score (nSPS) is 25.9. The number of hydrogen-bond acceptors (Lipinski definition) is 4. The summed E-state index contributed by atoms with van der Waals surface area (Å²) in [6, 6.07) is 1.37. The highest BCUT2D eigenvalue weighted by molar-refractivity contribution is 5.99. The summed E-state index contributed by atoms with van der Waals surface area (Å²) in [6.45, 7) is 1.83. The number of aromatic hydroxyl groups is 1. The van der Waals surface area contributed by atoms with Crippen molar-refractivity contribution in [3.8, 4) is 5.75 Å². The second kappa shape index (κ2) is 5.48. The van der Waals surface area contributed by atoms with E-state index in [1.165, 1.54) is 12.3 Å². The third-order valence-electron chi connectivity index (χ3n) is 4.06. The van der Waals surface area contributed by atoms with Crippen LogP contribution < -0.4 is 5.32 Å². The first kappa shape index (κ1) is 14.3. The van der Waals surface area contributed by atoms with E-state index in [-0.39, 0.29) is 17.2 Å². The van der Waals surface area contributed by atoms with E-state index in [9.17, 15) is 19.8 Å². The molecule has 1 aliphatic rings. The van der Waals surface area contributed by atoms with Crippen molar-refractivity contribution in [1.29, 1.82) is 0 Å². The third kappa shape index (κ3) is 2.45. The van der Waals surface area contributed by atoms with Crippen molar-refractivity contribution in [2.45, 2.75) is 38.1 Å². The average molecular weight is 278 g/mol. The van der Waals surface area contributed by atoms with Gasteiger partial charge in [0.1, 0.15) is 11.3 Å². The summed E-state index contributed by atoms with van der Waals surface area (Å²) in [7, 11) is 0. The number of carbonyl (C=O) groups is 2. The summed E-state index contributed by atoms with van der Waals surface area (Å²) in [5, 5.41) is 21.8. The first-order valence-corrected chi connectivity index (χ1v) is 6.66. The van der Waals surface area contributed by atoms with Crippen molar-refractivity contribution in [3.05, 3.63) is 24.0 Å². The molecule has 0 spiro atoms. The minimum absolute atomic E-state index is 0.0402. The van der Waals surface area contributed by atoms with Gasteiger partial charge < -0.3 is 15.5 Å². The number of carboxylic acids is 1. The Bertz CT molecular complexity index is 532. The molecular weight excluding hydrogens is 260 g/mol. The molecular formula is C14H18N2O4. The van der Waals surface area contributed by atoms with Crippen molar-refractivity contribution in [2.75, 3.05) is 0 Å². The Morgan fingerprint density at radius 2 is 2.20 bits per heavy atom. The van der Waals surface area contributed by atoms with Gasteiger partial charge in [-0.05, 0) is 24.8 Å². The molecule has 0 radical (unpaired) electrons. The summed E-state index contributed by atoms with van der Waals surface area (Å²) in [5.74, 6) is -2.01. The van der Waals surface area contributed by atoms with E-state index in [0.717, 1.165) is 25.5 Å². The summed E-state index contributed by atoms with van der Waals surface area (Å²) >= 11 is 0. The molecule has 6 nitrogen and oxygen atoms in total. The van der Waals surface area contributed by atoms with Gasteiger partial charge in [-0.1, -0.05) is 19.8 Å². The van der Waals surface area contributed by atoms with Crippen molar-refractivity contribution in [3.63, 3.8) is 0 Å². The van der Waals surface area contributed by atoms with Crippen molar-refractivity contribution >= 4 is 11.9 Å². The van der Waals surface area contributed by atoms with Crippen LogP contribution in [0.1, 0.15) is 43.0 Å². The molecule has 1 fully saturated rings. The molecule has 1 heterocycles. The maximum absolute atomic E-state index is 12.2.